The van der Waals surface area contributed by atoms with Crippen LogP contribution in [0, 0.1) is 17.3 Å². The third-order valence-electron chi connectivity index (χ3n) is 4.39. The van der Waals surface area contributed by atoms with Gasteiger partial charge in [-0.15, -0.1) is 0 Å². The second-order valence-corrected chi connectivity index (χ2v) is 6.41. The van der Waals surface area contributed by atoms with Gasteiger partial charge in [-0.25, -0.2) is 0 Å². The Bertz CT molecular complexity index is 209. The average molecular weight is 195 g/mol. The Morgan fingerprint density at radius 3 is 2.36 bits per heavy atom. The molecule has 0 aromatic rings. The molecule has 4 unspecified atom stereocenters. The van der Waals surface area contributed by atoms with Crippen LogP contribution in [-0.2, 0) is 0 Å². The molecule has 0 aliphatic heterocycles. The van der Waals surface area contributed by atoms with Crippen LogP contribution in [0.25, 0.3) is 0 Å². The molecule has 82 valence electrons. The smallest absolute Gasteiger partial charge is 0.0127 e. The van der Waals surface area contributed by atoms with Crippen LogP contribution in [0.2, 0.25) is 0 Å². The van der Waals surface area contributed by atoms with Crippen molar-refractivity contribution < 1.29 is 0 Å². The predicted molar refractivity (Wildman–Crippen MR) is 61.3 cm³/mol. The molecule has 1 heteroatoms. The molecular formula is C13H25N. The lowest BCUT2D eigenvalue weighted by Gasteiger charge is -2.34. The summed E-state index contributed by atoms with van der Waals surface area (Å²) in [4.78, 5) is 0. The molecule has 0 heterocycles. The number of rotatable bonds is 2. The van der Waals surface area contributed by atoms with Crippen LogP contribution in [0.1, 0.15) is 53.4 Å². The molecule has 2 fully saturated rings. The van der Waals surface area contributed by atoms with Crippen molar-refractivity contribution in [2.75, 3.05) is 0 Å². The Kier molecular flexibility index (Phi) is 2.63. The Hall–Kier alpha value is -0.0400. The lowest BCUT2D eigenvalue weighted by molar-refractivity contribution is 0.222. The van der Waals surface area contributed by atoms with Crippen molar-refractivity contribution in [3.63, 3.8) is 0 Å². The van der Waals surface area contributed by atoms with Gasteiger partial charge in [-0.2, -0.15) is 0 Å². The second-order valence-electron chi connectivity index (χ2n) is 6.41. The predicted octanol–water partition coefficient (Wildman–Crippen LogP) is 3.20. The Balaban J connectivity index is 1.84. The van der Waals surface area contributed by atoms with E-state index in [1.165, 1.54) is 25.7 Å². The number of nitrogens with one attached hydrogen (secondary N) is 1. The van der Waals surface area contributed by atoms with Crippen LogP contribution in [0.3, 0.4) is 0 Å². The lowest BCUT2D eigenvalue weighted by Crippen LogP contribution is -2.41. The molecule has 2 saturated carbocycles. The molecule has 0 bridgehead atoms. The summed E-state index contributed by atoms with van der Waals surface area (Å²) in [6, 6.07) is 1.60. The van der Waals surface area contributed by atoms with Gasteiger partial charge in [0, 0.05) is 12.1 Å². The van der Waals surface area contributed by atoms with Crippen LogP contribution in [0.4, 0.5) is 0 Å². The highest BCUT2D eigenvalue weighted by atomic mass is 15.0. The zero-order chi connectivity index (χ0) is 10.3. The van der Waals surface area contributed by atoms with Crippen LogP contribution in [-0.4, -0.2) is 12.1 Å². The minimum Gasteiger partial charge on any atom is -0.310 e. The Labute approximate surface area is 88.7 Å². The van der Waals surface area contributed by atoms with Crippen molar-refractivity contribution in [3.05, 3.63) is 0 Å². The van der Waals surface area contributed by atoms with Crippen molar-refractivity contribution in [2.45, 2.75) is 65.5 Å². The van der Waals surface area contributed by atoms with Crippen LogP contribution in [0.5, 0.6) is 0 Å². The molecule has 0 radical (unpaired) electrons. The van der Waals surface area contributed by atoms with Crippen LogP contribution < -0.4 is 5.32 Å². The van der Waals surface area contributed by atoms with Crippen LogP contribution in [0.15, 0.2) is 0 Å². The number of hydrogen-bond acceptors (Lipinski definition) is 1. The van der Waals surface area contributed by atoms with Crippen molar-refractivity contribution in [3.8, 4) is 0 Å². The second kappa shape index (κ2) is 3.52. The zero-order valence-electron chi connectivity index (χ0n) is 10.1. The van der Waals surface area contributed by atoms with Crippen molar-refractivity contribution in [1.29, 1.82) is 0 Å². The van der Waals surface area contributed by atoms with E-state index in [9.17, 15) is 0 Å². The van der Waals surface area contributed by atoms with E-state index in [4.69, 9.17) is 0 Å². The van der Waals surface area contributed by atoms with Crippen molar-refractivity contribution >= 4 is 0 Å². The van der Waals surface area contributed by atoms with Gasteiger partial charge in [0.25, 0.3) is 0 Å². The highest BCUT2D eigenvalue weighted by molar-refractivity contribution is 5.03. The first-order valence-electron chi connectivity index (χ1n) is 6.25. The maximum Gasteiger partial charge on any atom is 0.0127 e. The fraction of sp³-hybridized carbons (Fsp3) is 1.00. The lowest BCUT2D eigenvalue weighted by atomic mass is 9.80. The minimum atomic E-state index is 0.584. The van der Waals surface area contributed by atoms with Crippen molar-refractivity contribution in [1.82, 2.24) is 5.32 Å². The molecule has 2 aliphatic rings. The van der Waals surface area contributed by atoms with Gasteiger partial charge < -0.3 is 5.32 Å². The molecule has 0 aromatic heterocycles. The molecule has 0 amide bonds. The topological polar surface area (TPSA) is 12.0 Å². The minimum absolute atomic E-state index is 0.584. The van der Waals surface area contributed by atoms with Gasteiger partial charge in [-0.1, -0.05) is 34.1 Å². The van der Waals surface area contributed by atoms with Gasteiger partial charge in [0.15, 0.2) is 0 Å². The fourth-order valence-electron chi connectivity index (χ4n) is 2.77. The van der Waals surface area contributed by atoms with E-state index in [0.29, 0.717) is 5.41 Å². The average Bonchev–Trinajstić information content (AvgIpc) is 2.67. The van der Waals surface area contributed by atoms with Gasteiger partial charge in [0.2, 0.25) is 0 Å². The van der Waals surface area contributed by atoms with E-state index >= 15 is 0 Å². The zero-order valence-corrected chi connectivity index (χ0v) is 10.1. The SMILES string of the molecule is CC1CCC(C)C(NC2CC2(C)C)C1. The Morgan fingerprint density at radius 2 is 1.79 bits per heavy atom. The van der Waals surface area contributed by atoms with Gasteiger partial charge in [-0.05, 0) is 36.5 Å². The summed E-state index contributed by atoms with van der Waals surface area (Å²) >= 11 is 0. The highest BCUT2D eigenvalue weighted by Gasteiger charge is 2.47. The van der Waals surface area contributed by atoms with E-state index in [0.717, 1.165) is 23.9 Å². The summed E-state index contributed by atoms with van der Waals surface area (Å²) in [6.07, 6.45) is 5.64. The molecule has 14 heavy (non-hydrogen) atoms. The first kappa shape index (κ1) is 10.5. The number of hydrogen-bond donors (Lipinski definition) is 1. The molecule has 1 N–H and O–H groups in total. The summed E-state index contributed by atoms with van der Waals surface area (Å²) in [5.74, 6) is 1.83. The maximum atomic E-state index is 3.86. The van der Waals surface area contributed by atoms with E-state index in [1.807, 2.05) is 0 Å². The quantitative estimate of drug-likeness (QED) is 0.713. The van der Waals surface area contributed by atoms with Gasteiger partial charge in [-0.3, -0.25) is 0 Å². The van der Waals surface area contributed by atoms with Crippen LogP contribution >= 0.6 is 0 Å². The Morgan fingerprint density at radius 1 is 1.14 bits per heavy atom. The molecular weight excluding hydrogens is 170 g/mol. The summed E-state index contributed by atoms with van der Waals surface area (Å²) < 4.78 is 0. The molecule has 0 aromatic carbocycles. The van der Waals surface area contributed by atoms with E-state index in [1.54, 1.807) is 0 Å². The molecule has 0 spiro atoms. The van der Waals surface area contributed by atoms with Crippen molar-refractivity contribution in [2.24, 2.45) is 17.3 Å². The van der Waals surface area contributed by atoms with E-state index in [2.05, 4.69) is 33.0 Å². The van der Waals surface area contributed by atoms with Gasteiger partial charge in [0.1, 0.15) is 0 Å². The summed E-state index contributed by atoms with van der Waals surface area (Å²) in [6.45, 7) is 9.57. The molecule has 2 aliphatic carbocycles. The third kappa shape index (κ3) is 2.13. The van der Waals surface area contributed by atoms with E-state index in [-0.39, 0.29) is 0 Å². The van der Waals surface area contributed by atoms with Gasteiger partial charge in [0.05, 0.1) is 0 Å². The monoisotopic (exact) mass is 195 g/mol. The maximum absolute atomic E-state index is 3.86. The standard InChI is InChI=1S/C13H25N/c1-9-5-6-10(2)11(7-9)14-12-8-13(12,3)4/h9-12,14H,5-8H2,1-4H3. The fourth-order valence-corrected chi connectivity index (χ4v) is 2.77. The molecule has 1 nitrogen and oxygen atoms in total. The molecule has 4 atom stereocenters. The first-order valence-corrected chi connectivity index (χ1v) is 6.25. The summed E-state index contributed by atoms with van der Waals surface area (Å²) in [7, 11) is 0. The van der Waals surface area contributed by atoms with E-state index < -0.39 is 0 Å². The summed E-state index contributed by atoms with van der Waals surface area (Å²) in [5.41, 5.74) is 0.584. The normalized spacial score (nSPS) is 46.3. The third-order valence-corrected chi connectivity index (χ3v) is 4.39. The highest BCUT2D eigenvalue weighted by Crippen LogP contribution is 2.45. The first-order chi connectivity index (χ1) is 6.49. The molecule has 0 saturated heterocycles. The molecule has 2 rings (SSSR count). The largest absolute Gasteiger partial charge is 0.310 e. The summed E-state index contributed by atoms with van der Waals surface area (Å²) in [5, 5.41) is 3.86. The van der Waals surface area contributed by atoms with Gasteiger partial charge >= 0.3 is 0 Å².